The molecule has 0 radical (unpaired) electrons. The van der Waals surface area contributed by atoms with Gasteiger partial charge in [-0.3, -0.25) is 0 Å². The molecule has 0 heterocycles. The summed E-state index contributed by atoms with van der Waals surface area (Å²) in [5, 5.41) is 10.3. The van der Waals surface area contributed by atoms with Gasteiger partial charge in [0.25, 0.3) is 0 Å². The van der Waals surface area contributed by atoms with Crippen LogP contribution in [0.5, 0.6) is 5.75 Å². The number of aryl methyl sites for hydroxylation is 2. The van der Waals surface area contributed by atoms with Crippen LogP contribution in [-0.4, -0.2) is 17.2 Å². The summed E-state index contributed by atoms with van der Waals surface area (Å²) in [6, 6.07) is 10.6. The first kappa shape index (κ1) is 16.7. The summed E-state index contributed by atoms with van der Waals surface area (Å²) in [6.07, 6.45) is -0.849. The summed E-state index contributed by atoms with van der Waals surface area (Å²) in [7, 11) is 0. The van der Waals surface area contributed by atoms with Crippen molar-refractivity contribution in [3.63, 3.8) is 0 Å². The predicted molar refractivity (Wildman–Crippen MR) is 88.1 cm³/mol. The van der Waals surface area contributed by atoms with Crippen molar-refractivity contribution >= 4 is 29.2 Å². The third-order valence-corrected chi connectivity index (χ3v) is 3.76. The molecule has 0 aliphatic heterocycles. The van der Waals surface area contributed by atoms with E-state index >= 15 is 0 Å². The van der Waals surface area contributed by atoms with Crippen LogP contribution in [0.4, 0.5) is 0 Å². The van der Waals surface area contributed by atoms with Gasteiger partial charge in [0.1, 0.15) is 5.75 Å². The molecule has 0 amide bonds. The molecule has 2 aromatic rings. The molecule has 0 fully saturated rings. The second-order valence-electron chi connectivity index (χ2n) is 5.21. The van der Waals surface area contributed by atoms with Crippen LogP contribution in [0.1, 0.15) is 16.7 Å². The van der Waals surface area contributed by atoms with Crippen LogP contribution in [0.3, 0.4) is 0 Å². The van der Waals surface area contributed by atoms with Crippen molar-refractivity contribution in [2.75, 3.05) is 0 Å². The molecular formula is C17H16Cl2O3. The zero-order valence-corrected chi connectivity index (χ0v) is 13.8. The number of rotatable bonds is 5. The van der Waals surface area contributed by atoms with Gasteiger partial charge >= 0.3 is 5.97 Å². The fraction of sp³-hybridized carbons (Fsp3) is 0.235. The average Bonchev–Trinajstić information content (AvgIpc) is 2.39. The number of carboxylic acids is 1. The summed E-state index contributed by atoms with van der Waals surface area (Å²) >= 11 is 11.9. The Morgan fingerprint density at radius 3 is 2.32 bits per heavy atom. The van der Waals surface area contributed by atoms with Gasteiger partial charge in [-0.15, -0.1) is 0 Å². The monoisotopic (exact) mass is 338 g/mol. The zero-order valence-electron chi connectivity index (χ0n) is 12.3. The molecule has 0 aromatic heterocycles. The largest absolute Gasteiger partial charge is 0.478 e. The molecule has 3 nitrogen and oxygen atoms in total. The Morgan fingerprint density at radius 1 is 1.14 bits per heavy atom. The fourth-order valence-electron chi connectivity index (χ4n) is 2.23. The van der Waals surface area contributed by atoms with Crippen molar-refractivity contribution in [2.24, 2.45) is 0 Å². The fourth-order valence-corrected chi connectivity index (χ4v) is 2.72. The molecule has 116 valence electrons. The van der Waals surface area contributed by atoms with Gasteiger partial charge in [-0.25, -0.2) is 4.79 Å². The molecule has 0 saturated heterocycles. The number of benzene rings is 2. The van der Waals surface area contributed by atoms with Crippen molar-refractivity contribution in [3.05, 3.63) is 63.1 Å². The van der Waals surface area contributed by atoms with E-state index in [-0.39, 0.29) is 6.42 Å². The lowest BCUT2D eigenvalue weighted by atomic mass is 10.1. The smallest absolute Gasteiger partial charge is 0.345 e. The van der Waals surface area contributed by atoms with Crippen molar-refractivity contribution in [1.29, 1.82) is 0 Å². The van der Waals surface area contributed by atoms with Crippen LogP contribution in [0.25, 0.3) is 0 Å². The minimum absolute atomic E-state index is 0.165. The van der Waals surface area contributed by atoms with Gasteiger partial charge in [-0.05, 0) is 54.8 Å². The van der Waals surface area contributed by atoms with Crippen LogP contribution in [0.2, 0.25) is 10.0 Å². The van der Waals surface area contributed by atoms with Crippen LogP contribution >= 0.6 is 23.2 Å². The van der Waals surface area contributed by atoms with E-state index in [4.69, 9.17) is 27.9 Å². The molecule has 0 aliphatic carbocycles. The van der Waals surface area contributed by atoms with Gasteiger partial charge in [-0.2, -0.15) is 0 Å². The lowest BCUT2D eigenvalue weighted by Gasteiger charge is -2.17. The summed E-state index contributed by atoms with van der Waals surface area (Å²) in [5.74, 6) is -0.500. The summed E-state index contributed by atoms with van der Waals surface area (Å²) in [4.78, 5) is 11.5. The molecule has 1 atom stereocenters. The molecule has 5 heteroatoms. The first-order valence-corrected chi connectivity index (χ1v) is 7.52. The number of carbonyl (C=O) groups is 1. The SMILES string of the molecule is Cc1cc(C)cc(O[C@H](Cc2ccc(Cl)cc2Cl)C(=O)O)c1. The second-order valence-corrected chi connectivity index (χ2v) is 6.05. The van der Waals surface area contributed by atoms with Gasteiger partial charge in [0.15, 0.2) is 6.10 Å². The maximum atomic E-state index is 11.5. The summed E-state index contributed by atoms with van der Waals surface area (Å²) < 4.78 is 5.64. The Bertz CT molecular complexity index is 678. The van der Waals surface area contributed by atoms with Crippen LogP contribution in [0, 0.1) is 13.8 Å². The van der Waals surface area contributed by atoms with Crippen molar-refractivity contribution in [1.82, 2.24) is 0 Å². The Kier molecular flexibility index (Phi) is 5.33. The van der Waals surface area contributed by atoms with Crippen molar-refractivity contribution in [2.45, 2.75) is 26.4 Å². The van der Waals surface area contributed by atoms with E-state index in [0.29, 0.717) is 21.4 Å². The first-order chi connectivity index (χ1) is 10.3. The predicted octanol–water partition coefficient (Wildman–Crippen LogP) is 4.68. The van der Waals surface area contributed by atoms with Gasteiger partial charge in [0.2, 0.25) is 0 Å². The van der Waals surface area contributed by atoms with Gasteiger partial charge < -0.3 is 9.84 Å². The normalized spacial score (nSPS) is 12.0. The molecule has 2 aromatic carbocycles. The third kappa shape index (κ3) is 4.39. The molecule has 1 N–H and O–H groups in total. The molecule has 2 rings (SSSR count). The maximum Gasteiger partial charge on any atom is 0.345 e. The molecule has 0 bridgehead atoms. The lowest BCUT2D eigenvalue weighted by Crippen LogP contribution is -2.29. The number of hydrogen-bond donors (Lipinski definition) is 1. The van der Waals surface area contributed by atoms with Gasteiger partial charge in [0.05, 0.1) is 0 Å². The molecule has 0 saturated carbocycles. The van der Waals surface area contributed by atoms with Crippen LogP contribution in [-0.2, 0) is 11.2 Å². The molecular weight excluding hydrogens is 323 g/mol. The lowest BCUT2D eigenvalue weighted by molar-refractivity contribution is -0.145. The topological polar surface area (TPSA) is 46.5 Å². The standard InChI is InChI=1S/C17H16Cl2O3/c1-10-5-11(2)7-14(6-10)22-16(17(20)21)8-12-3-4-13(18)9-15(12)19/h3-7,9,16H,8H2,1-2H3,(H,20,21)/t16-/m1/s1. The van der Waals surface area contributed by atoms with E-state index in [9.17, 15) is 9.90 Å². The number of carboxylic acid groups (broad SMARTS) is 1. The summed E-state index contributed by atoms with van der Waals surface area (Å²) in [5.41, 5.74) is 2.72. The highest BCUT2D eigenvalue weighted by Crippen LogP contribution is 2.24. The molecule has 0 spiro atoms. The first-order valence-electron chi connectivity index (χ1n) is 6.77. The van der Waals surface area contributed by atoms with Gasteiger partial charge in [0, 0.05) is 16.5 Å². The van der Waals surface area contributed by atoms with Gasteiger partial charge in [-0.1, -0.05) is 35.3 Å². The van der Waals surface area contributed by atoms with E-state index in [1.807, 2.05) is 32.0 Å². The number of halogens is 2. The molecule has 0 unspecified atom stereocenters. The minimum Gasteiger partial charge on any atom is -0.478 e. The van der Waals surface area contributed by atoms with Crippen LogP contribution in [0.15, 0.2) is 36.4 Å². The van der Waals surface area contributed by atoms with Crippen molar-refractivity contribution < 1.29 is 14.6 Å². The van der Waals surface area contributed by atoms with Crippen molar-refractivity contribution in [3.8, 4) is 5.75 Å². The highest BCUT2D eigenvalue weighted by Gasteiger charge is 2.21. The average molecular weight is 339 g/mol. The molecule has 0 aliphatic rings. The number of hydrogen-bond acceptors (Lipinski definition) is 2. The Morgan fingerprint density at radius 2 is 1.77 bits per heavy atom. The van der Waals surface area contributed by atoms with E-state index in [2.05, 4.69) is 0 Å². The van der Waals surface area contributed by atoms with E-state index in [1.165, 1.54) is 0 Å². The number of ether oxygens (including phenoxy) is 1. The highest BCUT2D eigenvalue weighted by atomic mass is 35.5. The Hall–Kier alpha value is -1.71. The number of aliphatic carboxylic acids is 1. The zero-order chi connectivity index (χ0) is 16.3. The maximum absolute atomic E-state index is 11.5. The molecule has 22 heavy (non-hydrogen) atoms. The summed E-state index contributed by atoms with van der Waals surface area (Å²) in [6.45, 7) is 3.87. The highest BCUT2D eigenvalue weighted by molar-refractivity contribution is 6.35. The van der Waals surface area contributed by atoms with E-state index < -0.39 is 12.1 Å². The Balaban J connectivity index is 2.21. The van der Waals surface area contributed by atoms with E-state index in [1.54, 1.807) is 18.2 Å². The minimum atomic E-state index is -1.04. The Labute approximate surface area is 139 Å². The van der Waals surface area contributed by atoms with Crippen LogP contribution < -0.4 is 4.74 Å². The van der Waals surface area contributed by atoms with E-state index in [0.717, 1.165) is 11.1 Å². The third-order valence-electron chi connectivity index (χ3n) is 3.17. The second kappa shape index (κ2) is 7.03. The quantitative estimate of drug-likeness (QED) is 0.860.